The maximum atomic E-state index is 13.3. The number of methoxy groups -OCH3 is 1. The van der Waals surface area contributed by atoms with Crippen LogP contribution in [0.1, 0.15) is 29.8 Å². The molecule has 0 N–H and O–H groups in total. The molecule has 3 aromatic rings. The molecule has 0 aliphatic carbocycles. The molecule has 7 heteroatoms. The zero-order chi connectivity index (χ0) is 23.5. The lowest BCUT2D eigenvalue weighted by molar-refractivity contribution is 0.0965. The molecule has 2 aliphatic rings. The van der Waals surface area contributed by atoms with E-state index in [1.807, 2.05) is 59.3 Å². The minimum Gasteiger partial charge on any atom is -0.493 e. The summed E-state index contributed by atoms with van der Waals surface area (Å²) in [7, 11) is 1.64. The third kappa shape index (κ3) is 4.79. The lowest BCUT2D eigenvalue weighted by atomic mass is 10.1. The Morgan fingerprint density at radius 3 is 2.47 bits per heavy atom. The van der Waals surface area contributed by atoms with Crippen LogP contribution in [0.4, 0.5) is 5.69 Å². The van der Waals surface area contributed by atoms with Crippen molar-refractivity contribution in [3.8, 4) is 22.6 Å². The highest BCUT2D eigenvalue weighted by Gasteiger charge is 2.27. The number of aromatic nitrogens is 1. The summed E-state index contributed by atoms with van der Waals surface area (Å²) in [5.74, 6) is 1.34. The van der Waals surface area contributed by atoms with Crippen molar-refractivity contribution in [2.45, 2.75) is 25.8 Å². The quantitative estimate of drug-likeness (QED) is 0.409. The Kier molecular flexibility index (Phi) is 6.79. The summed E-state index contributed by atoms with van der Waals surface area (Å²) < 4.78 is 13.6. The highest BCUT2D eigenvalue weighted by atomic mass is 35.5. The van der Waals surface area contributed by atoms with Crippen molar-refractivity contribution >= 4 is 23.2 Å². The number of hydrogen-bond donors (Lipinski definition) is 0. The summed E-state index contributed by atoms with van der Waals surface area (Å²) in [5.41, 5.74) is 3.54. The molecule has 34 heavy (non-hydrogen) atoms. The molecule has 178 valence electrons. The Hall–Kier alpha value is -2.96. The molecule has 0 bridgehead atoms. The van der Waals surface area contributed by atoms with Gasteiger partial charge in [-0.3, -0.25) is 4.79 Å². The van der Waals surface area contributed by atoms with E-state index in [2.05, 4.69) is 4.90 Å². The first-order valence-electron chi connectivity index (χ1n) is 11.9. The van der Waals surface area contributed by atoms with Crippen LogP contribution < -0.4 is 14.4 Å². The number of halogens is 1. The van der Waals surface area contributed by atoms with Crippen molar-refractivity contribution in [1.29, 1.82) is 0 Å². The van der Waals surface area contributed by atoms with Crippen LogP contribution in [0, 0.1) is 0 Å². The van der Waals surface area contributed by atoms with Gasteiger partial charge in [0.2, 0.25) is 0 Å². The highest BCUT2D eigenvalue weighted by molar-refractivity contribution is 6.30. The first-order chi connectivity index (χ1) is 16.6. The largest absolute Gasteiger partial charge is 0.493 e. The molecule has 0 atom stereocenters. The fourth-order valence-electron chi connectivity index (χ4n) is 4.79. The topological polar surface area (TPSA) is 46.9 Å². The van der Waals surface area contributed by atoms with E-state index in [0.717, 1.165) is 36.3 Å². The Balaban J connectivity index is 1.27. The Morgan fingerprint density at radius 1 is 0.912 bits per heavy atom. The Bertz CT molecular complexity index is 1150. The van der Waals surface area contributed by atoms with Crippen molar-refractivity contribution in [2.75, 3.05) is 44.8 Å². The minimum absolute atomic E-state index is 0.0206. The molecule has 6 nitrogen and oxygen atoms in total. The number of ether oxygens (including phenoxy) is 2. The predicted molar refractivity (Wildman–Crippen MR) is 135 cm³/mol. The van der Waals surface area contributed by atoms with Gasteiger partial charge < -0.3 is 23.8 Å². The normalized spacial score (nSPS) is 16.1. The van der Waals surface area contributed by atoms with E-state index in [0.29, 0.717) is 35.4 Å². The number of hydrogen-bond acceptors (Lipinski definition) is 4. The Labute approximate surface area is 205 Å². The summed E-state index contributed by atoms with van der Waals surface area (Å²) in [6.07, 6.45) is 5.63. The molecule has 0 spiro atoms. The number of amides is 1. The summed E-state index contributed by atoms with van der Waals surface area (Å²) in [5, 5.41) is 0.697. The average Bonchev–Trinajstić information content (AvgIpc) is 3.53. The second-order valence-electron chi connectivity index (χ2n) is 8.86. The molecule has 1 aromatic heterocycles. The van der Waals surface area contributed by atoms with Gasteiger partial charge in [0.05, 0.1) is 13.7 Å². The number of carbonyl (C=O) groups is 1. The van der Waals surface area contributed by atoms with E-state index in [9.17, 15) is 4.79 Å². The van der Waals surface area contributed by atoms with Crippen LogP contribution in [-0.4, -0.2) is 55.3 Å². The van der Waals surface area contributed by atoms with Crippen LogP contribution in [0.15, 0.2) is 54.7 Å². The van der Waals surface area contributed by atoms with Crippen molar-refractivity contribution < 1.29 is 14.3 Å². The van der Waals surface area contributed by atoms with Gasteiger partial charge in [-0.05, 0) is 68.2 Å². The SMILES string of the molecule is COc1cc(N2CCn3cc(-c4ccc(Cl)cc4)cc3C2=O)ccc1OCCCN1CCCC1. The van der Waals surface area contributed by atoms with Crippen molar-refractivity contribution in [1.82, 2.24) is 9.47 Å². The number of anilines is 1. The molecular weight excluding hydrogens is 450 g/mol. The number of fused-ring (bicyclic) bond motifs is 1. The van der Waals surface area contributed by atoms with Gasteiger partial charge in [-0.25, -0.2) is 0 Å². The van der Waals surface area contributed by atoms with Gasteiger partial charge in [0, 0.05) is 48.2 Å². The van der Waals surface area contributed by atoms with Crippen LogP contribution >= 0.6 is 11.6 Å². The van der Waals surface area contributed by atoms with Crippen molar-refractivity contribution in [3.05, 3.63) is 65.4 Å². The van der Waals surface area contributed by atoms with Gasteiger partial charge in [-0.1, -0.05) is 23.7 Å². The average molecular weight is 480 g/mol. The zero-order valence-electron chi connectivity index (χ0n) is 19.5. The molecule has 0 radical (unpaired) electrons. The van der Waals surface area contributed by atoms with Crippen molar-refractivity contribution in [2.24, 2.45) is 0 Å². The highest BCUT2D eigenvalue weighted by Crippen LogP contribution is 2.34. The molecule has 5 rings (SSSR count). The number of benzene rings is 2. The summed E-state index contributed by atoms with van der Waals surface area (Å²) >= 11 is 6.02. The van der Waals surface area contributed by atoms with Gasteiger partial charge in [0.15, 0.2) is 11.5 Å². The fourth-order valence-corrected chi connectivity index (χ4v) is 4.91. The molecule has 2 aliphatic heterocycles. The Morgan fingerprint density at radius 2 is 1.71 bits per heavy atom. The predicted octanol–water partition coefficient (Wildman–Crippen LogP) is 5.34. The lowest BCUT2D eigenvalue weighted by Gasteiger charge is -2.29. The van der Waals surface area contributed by atoms with E-state index < -0.39 is 0 Å². The maximum absolute atomic E-state index is 13.3. The first-order valence-corrected chi connectivity index (χ1v) is 12.3. The van der Waals surface area contributed by atoms with Gasteiger partial charge >= 0.3 is 0 Å². The third-order valence-corrected chi connectivity index (χ3v) is 6.89. The molecular formula is C27H30ClN3O3. The molecule has 1 saturated heterocycles. The zero-order valence-corrected chi connectivity index (χ0v) is 20.3. The first kappa shape index (κ1) is 22.8. The van der Waals surface area contributed by atoms with E-state index in [1.165, 1.54) is 25.9 Å². The number of carbonyl (C=O) groups excluding carboxylic acids is 1. The van der Waals surface area contributed by atoms with E-state index >= 15 is 0 Å². The minimum atomic E-state index is -0.0206. The van der Waals surface area contributed by atoms with Crippen LogP contribution in [-0.2, 0) is 6.54 Å². The monoisotopic (exact) mass is 479 g/mol. The van der Waals surface area contributed by atoms with Crippen LogP contribution in [0.2, 0.25) is 5.02 Å². The summed E-state index contributed by atoms with van der Waals surface area (Å²) in [6, 6.07) is 15.4. The van der Waals surface area contributed by atoms with Crippen LogP contribution in [0.25, 0.3) is 11.1 Å². The lowest BCUT2D eigenvalue weighted by Crippen LogP contribution is -2.39. The van der Waals surface area contributed by atoms with E-state index in [1.54, 1.807) is 12.0 Å². The fraction of sp³-hybridized carbons (Fsp3) is 0.370. The number of nitrogens with zero attached hydrogens (tertiary/aromatic N) is 3. The summed E-state index contributed by atoms with van der Waals surface area (Å²) in [4.78, 5) is 17.6. The van der Waals surface area contributed by atoms with E-state index in [4.69, 9.17) is 21.1 Å². The molecule has 1 amide bonds. The van der Waals surface area contributed by atoms with Gasteiger partial charge in [-0.2, -0.15) is 0 Å². The number of likely N-dealkylation sites (tertiary alicyclic amines) is 1. The molecule has 0 unspecified atom stereocenters. The second kappa shape index (κ2) is 10.1. The van der Waals surface area contributed by atoms with Crippen LogP contribution in [0.3, 0.4) is 0 Å². The standard InChI is InChI=1S/C27H30ClN3O3/c1-33-26-18-23(9-10-25(26)34-16-4-13-29-11-2-3-12-29)31-15-14-30-19-21(17-24(30)27(31)32)20-5-7-22(28)8-6-20/h5-10,17-19H,2-4,11-16H2,1H3. The molecule has 2 aromatic carbocycles. The van der Waals surface area contributed by atoms with Gasteiger partial charge in [0.1, 0.15) is 5.69 Å². The third-order valence-electron chi connectivity index (χ3n) is 6.64. The number of rotatable bonds is 8. The summed E-state index contributed by atoms with van der Waals surface area (Å²) in [6.45, 7) is 5.45. The molecule has 1 fully saturated rings. The second-order valence-corrected chi connectivity index (χ2v) is 9.29. The molecule has 3 heterocycles. The molecule has 0 saturated carbocycles. The van der Waals surface area contributed by atoms with Gasteiger partial charge in [0.25, 0.3) is 5.91 Å². The van der Waals surface area contributed by atoms with Gasteiger partial charge in [-0.15, -0.1) is 0 Å². The smallest absolute Gasteiger partial charge is 0.274 e. The van der Waals surface area contributed by atoms with Crippen LogP contribution in [0.5, 0.6) is 11.5 Å². The van der Waals surface area contributed by atoms with Crippen molar-refractivity contribution in [3.63, 3.8) is 0 Å². The van der Waals surface area contributed by atoms with E-state index in [-0.39, 0.29) is 5.91 Å². The maximum Gasteiger partial charge on any atom is 0.274 e.